The van der Waals surface area contributed by atoms with E-state index in [1.54, 1.807) is 0 Å². The third-order valence-corrected chi connectivity index (χ3v) is 5.89. The van der Waals surface area contributed by atoms with Crippen molar-refractivity contribution in [2.45, 2.75) is 85.6 Å². The summed E-state index contributed by atoms with van der Waals surface area (Å²) in [7, 11) is 0. The van der Waals surface area contributed by atoms with Crippen molar-refractivity contribution in [2.24, 2.45) is 17.6 Å². The van der Waals surface area contributed by atoms with E-state index in [9.17, 15) is 4.79 Å². The van der Waals surface area contributed by atoms with Gasteiger partial charge in [-0.15, -0.1) is 0 Å². The molecule has 0 aromatic heterocycles. The Labute approximate surface area is 197 Å². The van der Waals surface area contributed by atoms with Crippen LogP contribution in [0.2, 0.25) is 0 Å². The molecule has 0 radical (unpaired) electrons. The van der Waals surface area contributed by atoms with Crippen molar-refractivity contribution in [3.8, 4) is 5.75 Å². The highest BCUT2D eigenvalue weighted by molar-refractivity contribution is 5.69. The van der Waals surface area contributed by atoms with Crippen LogP contribution in [0.25, 0.3) is 0 Å². The van der Waals surface area contributed by atoms with Gasteiger partial charge in [-0.1, -0.05) is 65.5 Å². The van der Waals surface area contributed by atoms with Crippen LogP contribution in [0.4, 0.5) is 0 Å². The minimum absolute atomic E-state index is 0.0978. The summed E-state index contributed by atoms with van der Waals surface area (Å²) in [5, 5.41) is 0. The Hall–Kier alpha value is -1.59. The molecule has 1 atom stereocenters. The largest absolute Gasteiger partial charge is 0.494 e. The Morgan fingerprint density at radius 3 is 2.09 bits per heavy atom. The summed E-state index contributed by atoms with van der Waals surface area (Å²) < 4.78 is 11.2. The number of nitrogens with two attached hydrogens (primary N) is 1. The third-order valence-electron chi connectivity index (χ3n) is 5.89. The first-order valence-corrected chi connectivity index (χ1v) is 12.8. The number of carbonyl (C=O) groups excluding carboxylic acids is 1. The number of hydrogen-bond acceptors (Lipinski definition) is 5. The molecular weight excluding hydrogens is 400 g/mol. The van der Waals surface area contributed by atoms with E-state index in [0.29, 0.717) is 25.5 Å². The summed E-state index contributed by atoms with van der Waals surface area (Å²) in [6.07, 6.45) is 8.11. The van der Waals surface area contributed by atoms with E-state index in [1.165, 1.54) is 24.8 Å². The van der Waals surface area contributed by atoms with Crippen LogP contribution in [0.5, 0.6) is 5.75 Å². The summed E-state index contributed by atoms with van der Waals surface area (Å²) in [6, 6.07) is 8.50. The summed E-state index contributed by atoms with van der Waals surface area (Å²) >= 11 is 0. The molecule has 0 bridgehead atoms. The fourth-order valence-corrected chi connectivity index (χ4v) is 3.91. The number of unbranched alkanes of at least 4 members (excludes halogenated alkanes) is 5. The molecule has 0 saturated heterocycles. The Kier molecular flexibility index (Phi) is 15.9. The monoisotopic (exact) mass is 448 g/mol. The topological polar surface area (TPSA) is 64.8 Å². The van der Waals surface area contributed by atoms with Crippen LogP contribution in [0.1, 0.15) is 84.6 Å². The Bertz CT molecular complexity index is 585. The first kappa shape index (κ1) is 28.4. The molecule has 0 heterocycles. The number of benzene rings is 1. The molecule has 0 aliphatic heterocycles. The van der Waals surface area contributed by atoms with E-state index < -0.39 is 0 Å². The van der Waals surface area contributed by atoms with E-state index in [0.717, 1.165) is 57.7 Å². The van der Waals surface area contributed by atoms with Gasteiger partial charge in [-0.3, -0.25) is 9.69 Å². The van der Waals surface area contributed by atoms with Gasteiger partial charge in [0, 0.05) is 13.0 Å². The summed E-state index contributed by atoms with van der Waals surface area (Å²) in [4.78, 5) is 14.3. The summed E-state index contributed by atoms with van der Waals surface area (Å²) in [5.41, 5.74) is 7.09. The zero-order valence-corrected chi connectivity index (χ0v) is 21.1. The highest BCUT2D eigenvalue weighted by Crippen LogP contribution is 2.16. The lowest BCUT2D eigenvalue weighted by atomic mass is 9.94. The van der Waals surface area contributed by atoms with Gasteiger partial charge in [-0.2, -0.15) is 0 Å². The van der Waals surface area contributed by atoms with Crippen LogP contribution in [-0.2, 0) is 16.1 Å². The maximum Gasteiger partial charge on any atom is 0.306 e. The number of rotatable bonds is 19. The number of nitrogens with zero attached hydrogens (tertiary/aromatic N) is 1. The summed E-state index contributed by atoms with van der Waals surface area (Å²) in [6.45, 7) is 13.7. The lowest BCUT2D eigenvalue weighted by Crippen LogP contribution is -2.21. The van der Waals surface area contributed by atoms with E-state index in [-0.39, 0.29) is 11.9 Å². The standard InChI is InChI=1S/C27H48N2O3/c1-5-29(6-2)22-24-13-15-26(16-14-24)31-17-11-9-7-8-10-12-18-32-27(30)20-25(21-28)19-23(3)4/h13-16,23,25H,5-12,17-22,28H2,1-4H3. The second-order valence-electron chi connectivity index (χ2n) is 9.23. The highest BCUT2D eigenvalue weighted by atomic mass is 16.5. The second-order valence-corrected chi connectivity index (χ2v) is 9.23. The van der Waals surface area contributed by atoms with Crippen LogP contribution in [-0.4, -0.2) is 43.7 Å². The van der Waals surface area contributed by atoms with Crippen LogP contribution >= 0.6 is 0 Å². The molecule has 0 amide bonds. The van der Waals surface area contributed by atoms with Crippen LogP contribution in [0, 0.1) is 11.8 Å². The van der Waals surface area contributed by atoms with E-state index in [1.807, 2.05) is 0 Å². The molecule has 0 saturated carbocycles. The molecule has 1 aromatic rings. The third kappa shape index (κ3) is 13.7. The lowest BCUT2D eigenvalue weighted by molar-refractivity contribution is -0.144. The quantitative estimate of drug-likeness (QED) is 0.214. The van der Waals surface area contributed by atoms with Gasteiger partial charge in [0.2, 0.25) is 0 Å². The lowest BCUT2D eigenvalue weighted by Gasteiger charge is -2.18. The minimum atomic E-state index is -0.0978. The Morgan fingerprint density at radius 2 is 1.53 bits per heavy atom. The highest BCUT2D eigenvalue weighted by Gasteiger charge is 2.14. The van der Waals surface area contributed by atoms with Gasteiger partial charge in [-0.05, 0) is 68.4 Å². The van der Waals surface area contributed by atoms with Gasteiger partial charge in [-0.25, -0.2) is 0 Å². The van der Waals surface area contributed by atoms with Crippen molar-refractivity contribution in [2.75, 3.05) is 32.8 Å². The maximum absolute atomic E-state index is 11.9. The molecule has 32 heavy (non-hydrogen) atoms. The van der Waals surface area contributed by atoms with Gasteiger partial charge >= 0.3 is 5.97 Å². The normalized spacial score (nSPS) is 12.3. The van der Waals surface area contributed by atoms with Crippen molar-refractivity contribution in [1.29, 1.82) is 0 Å². The van der Waals surface area contributed by atoms with Gasteiger partial charge in [0.25, 0.3) is 0 Å². The average molecular weight is 449 g/mol. The van der Waals surface area contributed by atoms with Gasteiger partial charge in [0.05, 0.1) is 13.2 Å². The zero-order valence-electron chi connectivity index (χ0n) is 21.1. The number of carbonyl (C=O) groups is 1. The van der Waals surface area contributed by atoms with Gasteiger partial charge in [0.15, 0.2) is 0 Å². The first-order chi connectivity index (χ1) is 15.5. The summed E-state index contributed by atoms with van der Waals surface area (Å²) in [5.74, 6) is 1.67. The fourth-order valence-electron chi connectivity index (χ4n) is 3.91. The maximum atomic E-state index is 11.9. The van der Waals surface area contributed by atoms with Crippen molar-refractivity contribution in [3.05, 3.63) is 29.8 Å². The number of esters is 1. The first-order valence-electron chi connectivity index (χ1n) is 12.8. The van der Waals surface area contributed by atoms with Crippen LogP contribution in [0.3, 0.4) is 0 Å². The number of hydrogen-bond donors (Lipinski definition) is 1. The second kappa shape index (κ2) is 17.9. The minimum Gasteiger partial charge on any atom is -0.494 e. The fraction of sp³-hybridized carbons (Fsp3) is 0.741. The van der Waals surface area contributed by atoms with Crippen molar-refractivity contribution in [3.63, 3.8) is 0 Å². The molecule has 0 fully saturated rings. The van der Waals surface area contributed by atoms with Crippen molar-refractivity contribution >= 4 is 5.97 Å². The molecule has 5 nitrogen and oxygen atoms in total. The molecule has 1 aromatic carbocycles. The van der Waals surface area contributed by atoms with Gasteiger partial charge < -0.3 is 15.2 Å². The predicted molar refractivity (Wildman–Crippen MR) is 134 cm³/mol. The average Bonchev–Trinajstić information content (AvgIpc) is 2.78. The molecule has 2 N–H and O–H groups in total. The van der Waals surface area contributed by atoms with Crippen LogP contribution < -0.4 is 10.5 Å². The molecule has 1 rings (SSSR count). The Balaban J connectivity index is 2.00. The molecule has 1 unspecified atom stereocenters. The molecule has 0 aliphatic carbocycles. The smallest absolute Gasteiger partial charge is 0.306 e. The SMILES string of the molecule is CCN(CC)Cc1ccc(OCCCCCCCCOC(=O)CC(CN)CC(C)C)cc1. The molecule has 0 spiro atoms. The van der Waals surface area contributed by atoms with Crippen LogP contribution in [0.15, 0.2) is 24.3 Å². The predicted octanol–water partition coefficient (Wildman–Crippen LogP) is 5.80. The van der Waals surface area contributed by atoms with Crippen molar-refractivity contribution < 1.29 is 14.3 Å². The molecule has 0 aliphatic rings. The van der Waals surface area contributed by atoms with Crippen molar-refractivity contribution in [1.82, 2.24) is 4.90 Å². The zero-order chi connectivity index (χ0) is 23.6. The molecule has 5 heteroatoms. The van der Waals surface area contributed by atoms with E-state index in [4.69, 9.17) is 15.2 Å². The van der Waals surface area contributed by atoms with E-state index >= 15 is 0 Å². The van der Waals surface area contributed by atoms with Gasteiger partial charge in [0.1, 0.15) is 5.75 Å². The Morgan fingerprint density at radius 1 is 0.938 bits per heavy atom. The van der Waals surface area contributed by atoms with E-state index in [2.05, 4.69) is 56.9 Å². The molecule has 184 valence electrons. The molecular formula is C27H48N2O3. The number of ether oxygens (including phenoxy) is 2.